The lowest BCUT2D eigenvalue weighted by Crippen LogP contribution is -2.21. The summed E-state index contributed by atoms with van der Waals surface area (Å²) in [5.41, 5.74) is 13.2. The monoisotopic (exact) mass is 646 g/mol. The second-order valence-electron chi connectivity index (χ2n) is 12.5. The molecule has 0 saturated heterocycles. The maximum absolute atomic E-state index is 3.40. The molecule has 0 N–H and O–H groups in total. The van der Waals surface area contributed by atoms with Gasteiger partial charge in [0.2, 0.25) is 0 Å². The fourth-order valence-corrected chi connectivity index (χ4v) is 7.41. The van der Waals surface area contributed by atoms with Gasteiger partial charge in [0, 0.05) is 44.9 Å². The van der Waals surface area contributed by atoms with Crippen LogP contribution < -0.4 is 4.90 Å². The molecule has 1 aliphatic rings. The highest BCUT2D eigenvalue weighted by Gasteiger charge is 2.32. The highest BCUT2D eigenvalue weighted by atomic mass is 15.2. The Balaban J connectivity index is 1.53. The number of hydrogen-bond donors (Lipinski definition) is 0. The van der Waals surface area contributed by atoms with Gasteiger partial charge in [0.1, 0.15) is 0 Å². The van der Waals surface area contributed by atoms with Gasteiger partial charge in [-0.05, 0) is 116 Å². The van der Waals surface area contributed by atoms with Crippen molar-refractivity contribution in [1.29, 1.82) is 0 Å². The minimum atomic E-state index is 0.907. The van der Waals surface area contributed by atoms with Gasteiger partial charge in [0.15, 0.2) is 0 Å². The molecule has 0 fully saturated rings. The Kier molecular flexibility index (Phi) is 9.24. The Morgan fingerprint density at radius 1 is 0.780 bits per heavy atom. The molecule has 2 heterocycles. The van der Waals surface area contributed by atoms with E-state index in [1.807, 2.05) is 6.07 Å². The molecule has 5 aromatic carbocycles. The lowest BCUT2D eigenvalue weighted by atomic mass is 9.96. The molecule has 244 valence electrons. The SMILES string of the molecule is C\C=C/C=C(\C=C\c1cc2ccccc2c2c#cccc12)N1C(/C=C\C)=C(C)c2c(/C=C\C)c(CC)n(-c3ccccc3)c2-c2ccccc21. The van der Waals surface area contributed by atoms with E-state index >= 15 is 0 Å². The Bertz CT molecular complexity index is 2390. The van der Waals surface area contributed by atoms with Crippen LogP contribution in [0.25, 0.3) is 56.2 Å². The molecule has 2 heteroatoms. The topological polar surface area (TPSA) is 8.17 Å². The molecule has 0 amide bonds. The maximum Gasteiger partial charge on any atom is 0.0634 e. The van der Waals surface area contributed by atoms with Crippen LogP contribution in [-0.4, -0.2) is 4.57 Å². The van der Waals surface area contributed by atoms with Gasteiger partial charge in [0.25, 0.3) is 0 Å². The van der Waals surface area contributed by atoms with Gasteiger partial charge in [-0.15, -0.1) is 0 Å². The first-order chi connectivity index (χ1) is 24.6. The molecule has 2 nitrogen and oxygen atoms in total. The molecular formula is C48H42N2. The third-order valence-corrected chi connectivity index (χ3v) is 9.52. The Hall–Kier alpha value is -6.04. The van der Waals surface area contributed by atoms with Crippen molar-refractivity contribution >= 4 is 45.0 Å². The maximum atomic E-state index is 3.40. The summed E-state index contributed by atoms with van der Waals surface area (Å²) in [5, 5.41) is 4.63. The predicted molar refractivity (Wildman–Crippen MR) is 216 cm³/mol. The number of anilines is 1. The summed E-state index contributed by atoms with van der Waals surface area (Å²) < 4.78 is 2.49. The molecule has 0 unspecified atom stereocenters. The zero-order chi connectivity index (χ0) is 34.6. The number of nitrogens with zero attached hydrogens (tertiary/aromatic N) is 2. The molecule has 1 aromatic heterocycles. The zero-order valence-electron chi connectivity index (χ0n) is 29.5. The van der Waals surface area contributed by atoms with Gasteiger partial charge >= 0.3 is 0 Å². The zero-order valence-corrected chi connectivity index (χ0v) is 29.5. The summed E-state index contributed by atoms with van der Waals surface area (Å²) in [4.78, 5) is 2.44. The van der Waals surface area contributed by atoms with Crippen molar-refractivity contribution in [3.63, 3.8) is 0 Å². The van der Waals surface area contributed by atoms with Gasteiger partial charge in [0.05, 0.1) is 11.4 Å². The largest absolute Gasteiger partial charge is 0.312 e. The van der Waals surface area contributed by atoms with Crippen molar-refractivity contribution in [1.82, 2.24) is 4.57 Å². The van der Waals surface area contributed by atoms with Crippen LogP contribution in [0.4, 0.5) is 5.69 Å². The molecule has 0 saturated carbocycles. The minimum Gasteiger partial charge on any atom is -0.312 e. The van der Waals surface area contributed by atoms with Crippen LogP contribution in [0.1, 0.15) is 57.0 Å². The Morgan fingerprint density at radius 3 is 2.32 bits per heavy atom. The third kappa shape index (κ3) is 5.62. The first-order valence-electron chi connectivity index (χ1n) is 17.5. The van der Waals surface area contributed by atoms with Crippen LogP contribution in [0, 0.1) is 12.1 Å². The van der Waals surface area contributed by atoms with Crippen LogP contribution in [0.15, 0.2) is 151 Å². The summed E-state index contributed by atoms with van der Waals surface area (Å²) in [5.74, 6) is 0. The quantitative estimate of drug-likeness (QED) is 0.149. The molecule has 50 heavy (non-hydrogen) atoms. The molecule has 6 aromatic rings. The summed E-state index contributed by atoms with van der Waals surface area (Å²) in [6.07, 6.45) is 20.8. The lowest BCUT2D eigenvalue weighted by molar-refractivity contribution is 0.939. The Labute approximate surface area is 297 Å². The predicted octanol–water partition coefficient (Wildman–Crippen LogP) is 12.9. The van der Waals surface area contributed by atoms with Gasteiger partial charge in [-0.2, -0.15) is 0 Å². The molecule has 0 spiro atoms. The molecule has 1 aliphatic heterocycles. The van der Waals surface area contributed by atoms with E-state index in [4.69, 9.17) is 0 Å². The summed E-state index contributed by atoms with van der Waals surface area (Å²) in [6, 6.07) is 41.2. The second-order valence-corrected chi connectivity index (χ2v) is 12.5. The highest BCUT2D eigenvalue weighted by Crippen LogP contribution is 2.49. The van der Waals surface area contributed by atoms with E-state index in [0.717, 1.165) is 39.8 Å². The van der Waals surface area contributed by atoms with Crippen LogP contribution in [0.3, 0.4) is 0 Å². The molecule has 0 atom stereocenters. The van der Waals surface area contributed by atoms with Gasteiger partial charge in [-0.1, -0.05) is 116 Å². The number of para-hydroxylation sites is 2. The van der Waals surface area contributed by atoms with Gasteiger partial charge < -0.3 is 9.47 Å². The van der Waals surface area contributed by atoms with Crippen LogP contribution in [0.5, 0.6) is 0 Å². The van der Waals surface area contributed by atoms with Crippen molar-refractivity contribution in [2.75, 3.05) is 4.90 Å². The van der Waals surface area contributed by atoms with Crippen molar-refractivity contribution in [2.45, 2.75) is 41.0 Å². The van der Waals surface area contributed by atoms with Gasteiger partial charge in [-0.25, -0.2) is 0 Å². The number of aromatic nitrogens is 1. The summed E-state index contributed by atoms with van der Waals surface area (Å²) in [6.45, 7) is 10.8. The van der Waals surface area contributed by atoms with Crippen molar-refractivity contribution in [3.8, 4) is 16.9 Å². The fourth-order valence-electron chi connectivity index (χ4n) is 7.41. The first kappa shape index (κ1) is 32.5. The van der Waals surface area contributed by atoms with Crippen molar-refractivity contribution in [2.24, 2.45) is 0 Å². The van der Waals surface area contributed by atoms with Crippen molar-refractivity contribution in [3.05, 3.63) is 186 Å². The minimum absolute atomic E-state index is 0.907. The van der Waals surface area contributed by atoms with E-state index < -0.39 is 0 Å². The number of allylic oxidation sites excluding steroid dienone is 8. The van der Waals surface area contributed by atoms with Crippen molar-refractivity contribution < 1.29 is 0 Å². The molecule has 7 rings (SSSR count). The molecular weight excluding hydrogens is 605 g/mol. The standard InChI is InChI=1S/C48H42N2/c1-6-10-23-38(32-31-36-33-35-22-14-15-26-39(35)41-28-17-16-27-40(36)41)49-45(21-8-3)34(5)47-42(20-7-2)44(9-4)50(37-24-12-11-13-25-37)48(47)43-29-18-19-30-46(43)49/h6-8,10-16,18-27,29-33H,9H2,1-5H3/b10-6-,20-7-,21-8-,32-31+,38-23+. The smallest absolute Gasteiger partial charge is 0.0634 e. The van der Waals surface area contributed by atoms with E-state index in [1.165, 1.54) is 50.1 Å². The van der Waals surface area contributed by atoms with E-state index in [9.17, 15) is 0 Å². The van der Waals surface area contributed by atoms with E-state index in [2.05, 4.69) is 202 Å². The third-order valence-electron chi connectivity index (χ3n) is 9.52. The molecule has 0 radical (unpaired) electrons. The number of hydrogen-bond acceptors (Lipinski definition) is 1. The van der Waals surface area contributed by atoms with Crippen LogP contribution >= 0.6 is 0 Å². The van der Waals surface area contributed by atoms with Crippen LogP contribution in [0.2, 0.25) is 0 Å². The Morgan fingerprint density at radius 2 is 1.54 bits per heavy atom. The second kappa shape index (κ2) is 14.2. The van der Waals surface area contributed by atoms with E-state index in [0.29, 0.717) is 0 Å². The van der Waals surface area contributed by atoms with E-state index in [1.54, 1.807) is 0 Å². The fraction of sp³-hybridized carbons (Fsp3) is 0.125. The van der Waals surface area contributed by atoms with Crippen LogP contribution in [-0.2, 0) is 6.42 Å². The number of benzene rings is 4. The van der Waals surface area contributed by atoms with Gasteiger partial charge in [-0.3, -0.25) is 0 Å². The number of fused-ring (bicyclic) bond motifs is 6. The molecule has 0 aliphatic carbocycles. The normalized spacial score (nSPS) is 13.7. The average Bonchev–Trinajstić information content (AvgIpc) is 3.44. The number of rotatable bonds is 8. The lowest BCUT2D eigenvalue weighted by Gasteiger charge is -2.29. The summed E-state index contributed by atoms with van der Waals surface area (Å²) in [7, 11) is 0. The highest BCUT2D eigenvalue weighted by molar-refractivity contribution is 6.10. The average molecular weight is 647 g/mol. The summed E-state index contributed by atoms with van der Waals surface area (Å²) >= 11 is 0. The first-order valence-corrected chi connectivity index (χ1v) is 17.5. The molecule has 0 bridgehead atoms. The van der Waals surface area contributed by atoms with E-state index in [-0.39, 0.29) is 0 Å².